The fourth-order valence-corrected chi connectivity index (χ4v) is 8.64. The lowest BCUT2D eigenvalue weighted by Crippen LogP contribution is -2.11. The van der Waals surface area contributed by atoms with Crippen molar-refractivity contribution in [1.82, 2.24) is 0 Å². The van der Waals surface area contributed by atoms with Crippen LogP contribution in [0.1, 0.15) is 37.5 Å². The topological polar surface area (TPSA) is 15.3 Å². The van der Waals surface area contributed by atoms with Crippen molar-refractivity contribution in [3.8, 4) is 43.1 Å². The van der Waals surface area contributed by atoms with Crippen molar-refractivity contribution >= 4 is 39.8 Å². The molecule has 8 rings (SSSR count). The minimum absolute atomic E-state index is 0.0880. The lowest BCUT2D eigenvalue weighted by molar-refractivity contribution is 0.590. The number of benzene rings is 7. The van der Waals surface area contributed by atoms with Gasteiger partial charge < -0.3 is 10.2 Å². The summed E-state index contributed by atoms with van der Waals surface area (Å²) in [5.74, 6) is 0. The fraction of sp³-hybridized carbons (Fsp3) is 0.115. The molecule has 0 amide bonds. The van der Waals surface area contributed by atoms with Crippen LogP contribution in [0.2, 0.25) is 0 Å². The molecule has 2 nitrogen and oxygen atoms in total. The second kappa shape index (κ2) is 15.3. The zero-order valence-electron chi connectivity index (χ0n) is 32.2. The van der Waals surface area contributed by atoms with Gasteiger partial charge in [0.2, 0.25) is 0 Å². The van der Waals surface area contributed by atoms with E-state index in [9.17, 15) is 0 Å². The van der Waals surface area contributed by atoms with Crippen molar-refractivity contribution < 1.29 is 0 Å². The monoisotopic (exact) mass is 730 g/mol. The number of aryl methyl sites for hydroxylation is 2. The second-order valence-corrected chi connectivity index (χ2v) is 16.2. The number of rotatable bonds is 9. The molecule has 0 aliphatic rings. The molecule has 1 aromatic heterocycles. The highest BCUT2D eigenvalue weighted by molar-refractivity contribution is 7.20. The first kappa shape index (κ1) is 35.8. The molecule has 0 fully saturated rings. The van der Waals surface area contributed by atoms with Gasteiger partial charge in [0.05, 0.1) is 0 Å². The molecule has 0 radical (unpaired) electrons. The Balaban J connectivity index is 1.24. The van der Waals surface area contributed by atoms with Gasteiger partial charge in [-0.3, -0.25) is 0 Å². The summed E-state index contributed by atoms with van der Waals surface area (Å²) in [5.41, 5.74) is 16.8. The molecule has 0 spiro atoms. The fourth-order valence-electron chi connectivity index (χ4n) is 7.29. The van der Waals surface area contributed by atoms with E-state index in [1.165, 1.54) is 59.8 Å². The lowest BCUT2D eigenvalue weighted by Gasteiger charge is -2.27. The Morgan fingerprint density at radius 1 is 0.436 bits per heavy atom. The Hall–Kier alpha value is -6.16. The van der Waals surface area contributed by atoms with Crippen molar-refractivity contribution in [3.05, 3.63) is 199 Å². The number of nitrogens with one attached hydrogen (secondary N) is 1. The normalized spacial score (nSPS) is 11.4. The summed E-state index contributed by atoms with van der Waals surface area (Å²) < 4.78 is 0. The van der Waals surface area contributed by atoms with E-state index in [1.807, 2.05) is 11.3 Å². The Morgan fingerprint density at radius 3 is 1.40 bits per heavy atom. The third-order valence-corrected chi connectivity index (χ3v) is 11.6. The van der Waals surface area contributed by atoms with Crippen LogP contribution >= 0.6 is 11.3 Å². The third kappa shape index (κ3) is 7.49. The number of nitrogens with zero attached hydrogens (tertiary/aromatic N) is 1. The van der Waals surface area contributed by atoms with Crippen LogP contribution in [0.25, 0.3) is 43.1 Å². The Labute approximate surface area is 330 Å². The van der Waals surface area contributed by atoms with Gasteiger partial charge >= 0.3 is 0 Å². The maximum Gasteiger partial charge on any atom is 0.0490 e. The molecule has 1 heterocycles. The number of hydrogen-bond acceptors (Lipinski definition) is 3. The van der Waals surface area contributed by atoms with E-state index in [0.717, 1.165) is 28.4 Å². The summed E-state index contributed by atoms with van der Waals surface area (Å²) in [6.07, 6.45) is 0. The second-order valence-electron chi connectivity index (χ2n) is 15.2. The minimum Gasteiger partial charge on any atom is -0.355 e. The van der Waals surface area contributed by atoms with Crippen LogP contribution < -0.4 is 10.2 Å². The molecule has 3 heteroatoms. The van der Waals surface area contributed by atoms with E-state index in [2.05, 4.69) is 227 Å². The molecule has 270 valence electrons. The molecule has 0 aliphatic carbocycles. The zero-order chi connectivity index (χ0) is 37.9. The minimum atomic E-state index is 0.0880. The summed E-state index contributed by atoms with van der Waals surface area (Å²) in [4.78, 5) is 4.91. The molecule has 1 N–H and O–H groups in total. The quantitative estimate of drug-likeness (QED) is 0.159. The van der Waals surface area contributed by atoms with Gasteiger partial charge in [0.15, 0.2) is 0 Å². The van der Waals surface area contributed by atoms with Crippen LogP contribution in [0, 0.1) is 13.8 Å². The van der Waals surface area contributed by atoms with E-state index in [-0.39, 0.29) is 5.41 Å². The van der Waals surface area contributed by atoms with Gasteiger partial charge in [-0.2, -0.15) is 0 Å². The summed E-state index contributed by atoms with van der Waals surface area (Å²) in [6.45, 7) is 11.1. The highest BCUT2D eigenvalue weighted by atomic mass is 32.1. The van der Waals surface area contributed by atoms with E-state index >= 15 is 0 Å². The number of anilines is 5. The molecule has 0 bridgehead atoms. The standard InChI is InChI=1S/C52H46N2S/c1-36-16-12-14-22-46(36)53-43-30-34-45(35-31-43)54(47-23-15-13-17-37(47)2)44-32-26-41(27-33-44)51-49(39-20-10-7-11-21-39)48(38-18-8-6-9-19-38)50(55-51)40-24-28-42(29-25-40)52(3,4)5/h6-35,53H,1-5H3. The van der Waals surface area contributed by atoms with Crippen molar-refractivity contribution in [2.24, 2.45) is 0 Å². The lowest BCUT2D eigenvalue weighted by atomic mass is 9.86. The van der Waals surface area contributed by atoms with Crippen LogP contribution in [0.3, 0.4) is 0 Å². The summed E-state index contributed by atoms with van der Waals surface area (Å²) in [5, 5.41) is 3.60. The number of hydrogen-bond donors (Lipinski definition) is 1. The van der Waals surface area contributed by atoms with Gasteiger partial charge in [0.25, 0.3) is 0 Å². The van der Waals surface area contributed by atoms with Gasteiger partial charge in [0.1, 0.15) is 0 Å². The van der Waals surface area contributed by atoms with Crippen LogP contribution in [0.4, 0.5) is 28.4 Å². The highest BCUT2D eigenvalue weighted by Gasteiger charge is 2.24. The average molecular weight is 731 g/mol. The molecule has 0 aliphatic heterocycles. The number of para-hydroxylation sites is 2. The molecule has 0 unspecified atom stereocenters. The van der Waals surface area contributed by atoms with E-state index in [1.54, 1.807) is 0 Å². The first-order valence-corrected chi connectivity index (χ1v) is 19.8. The van der Waals surface area contributed by atoms with E-state index in [0.29, 0.717) is 0 Å². The van der Waals surface area contributed by atoms with Crippen molar-refractivity contribution in [2.75, 3.05) is 10.2 Å². The molecule has 55 heavy (non-hydrogen) atoms. The summed E-state index contributed by atoms with van der Waals surface area (Å²) >= 11 is 1.89. The molecular formula is C52H46N2S. The summed E-state index contributed by atoms with van der Waals surface area (Å²) in [6, 6.07) is 65.9. The average Bonchev–Trinajstić information content (AvgIpc) is 3.62. The molecule has 7 aromatic carbocycles. The van der Waals surface area contributed by atoms with Crippen molar-refractivity contribution in [1.29, 1.82) is 0 Å². The van der Waals surface area contributed by atoms with E-state index in [4.69, 9.17) is 0 Å². The zero-order valence-corrected chi connectivity index (χ0v) is 33.0. The van der Waals surface area contributed by atoms with Gasteiger partial charge in [-0.1, -0.05) is 154 Å². The number of thiophene rings is 1. The van der Waals surface area contributed by atoms with Gasteiger partial charge in [0, 0.05) is 49.3 Å². The van der Waals surface area contributed by atoms with Crippen molar-refractivity contribution in [3.63, 3.8) is 0 Å². The molecule has 8 aromatic rings. The van der Waals surface area contributed by atoms with Crippen LogP contribution in [0.15, 0.2) is 182 Å². The molecule has 0 saturated carbocycles. The van der Waals surface area contributed by atoms with Gasteiger partial charge in [-0.05, 0) is 107 Å². The van der Waals surface area contributed by atoms with E-state index < -0.39 is 0 Å². The smallest absolute Gasteiger partial charge is 0.0490 e. The van der Waals surface area contributed by atoms with Gasteiger partial charge in [-0.25, -0.2) is 0 Å². The van der Waals surface area contributed by atoms with Crippen LogP contribution in [0.5, 0.6) is 0 Å². The predicted octanol–water partition coefficient (Wildman–Crippen LogP) is 15.5. The largest absolute Gasteiger partial charge is 0.355 e. The maximum absolute atomic E-state index is 3.60. The van der Waals surface area contributed by atoms with Crippen molar-refractivity contribution in [2.45, 2.75) is 40.0 Å². The third-order valence-electron chi connectivity index (χ3n) is 10.3. The first-order valence-electron chi connectivity index (χ1n) is 19.0. The Kier molecular flexibility index (Phi) is 9.97. The predicted molar refractivity (Wildman–Crippen MR) is 239 cm³/mol. The van der Waals surface area contributed by atoms with Crippen LogP contribution in [-0.4, -0.2) is 0 Å². The maximum atomic E-state index is 3.60. The Morgan fingerprint density at radius 2 is 0.891 bits per heavy atom. The first-order chi connectivity index (χ1) is 26.7. The Bertz CT molecular complexity index is 2520. The van der Waals surface area contributed by atoms with Gasteiger partial charge in [-0.15, -0.1) is 11.3 Å². The molecular weight excluding hydrogens is 685 g/mol. The summed E-state index contributed by atoms with van der Waals surface area (Å²) in [7, 11) is 0. The van der Waals surface area contributed by atoms with Crippen LogP contribution in [-0.2, 0) is 5.41 Å². The molecule has 0 saturated heterocycles. The SMILES string of the molecule is Cc1ccccc1Nc1ccc(N(c2ccc(-c3sc(-c4ccc(C(C)(C)C)cc4)c(-c4ccccc4)c3-c3ccccc3)cc2)c2ccccc2C)cc1. The highest BCUT2D eigenvalue weighted by Crippen LogP contribution is 2.52. The molecule has 0 atom stereocenters.